The van der Waals surface area contributed by atoms with Crippen molar-refractivity contribution in [2.24, 2.45) is 0 Å². The summed E-state index contributed by atoms with van der Waals surface area (Å²) in [4.78, 5) is 37.7. The van der Waals surface area contributed by atoms with Crippen LogP contribution >= 0.6 is 7.82 Å². The number of hydrogen-bond acceptors (Lipinski definition) is 6. The van der Waals surface area contributed by atoms with Crippen molar-refractivity contribution < 1.29 is 37.3 Å². The number of ether oxygens (including phenoxy) is 1. The number of rotatable bonds is 60. The number of quaternary nitrogens is 1. The van der Waals surface area contributed by atoms with Crippen LogP contribution in [0.2, 0.25) is 0 Å². The normalized spacial score (nSPS) is 13.8. The number of allylic oxidation sites excluding steroid dienone is 5. The van der Waals surface area contributed by atoms with E-state index in [1.54, 1.807) is 0 Å². The van der Waals surface area contributed by atoms with Gasteiger partial charge in [0.1, 0.15) is 19.3 Å². The van der Waals surface area contributed by atoms with Gasteiger partial charge in [0.25, 0.3) is 0 Å². The second-order valence-electron chi connectivity index (χ2n) is 23.6. The molecule has 0 aliphatic carbocycles. The van der Waals surface area contributed by atoms with Crippen molar-refractivity contribution in [2.45, 2.75) is 335 Å². The average Bonchev–Trinajstić information content (AvgIpc) is 3.38. The molecule has 0 aromatic rings. The Morgan fingerprint density at radius 2 is 0.763 bits per heavy atom. The molecule has 0 radical (unpaired) electrons. The zero-order chi connectivity index (χ0) is 55.7. The number of likely N-dealkylation sites (N-methyl/N-ethyl adjacent to an activating group) is 1. The van der Waals surface area contributed by atoms with E-state index in [4.69, 9.17) is 13.8 Å². The fraction of sp³-hybridized carbons (Fsp3) is 0.879. The molecule has 0 heterocycles. The molecule has 448 valence electrons. The van der Waals surface area contributed by atoms with Crippen LogP contribution in [0, 0.1) is 0 Å². The molecule has 0 aliphatic rings. The molecule has 1 amide bonds. The van der Waals surface area contributed by atoms with Crippen molar-refractivity contribution in [1.29, 1.82) is 0 Å². The first-order chi connectivity index (χ1) is 36.9. The topological polar surface area (TPSA) is 111 Å². The van der Waals surface area contributed by atoms with Crippen LogP contribution in [0.1, 0.15) is 323 Å². The number of carbonyl (C=O) groups excluding carboxylic acids is 2. The number of nitrogens with zero attached hydrogens (tertiary/aromatic N) is 1. The van der Waals surface area contributed by atoms with E-state index in [1.165, 1.54) is 218 Å². The van der Waals surface area contributed by atoms with Crippen LogP contribution < -0.4 is 5.32 Å². The second kappa shape index (κ2) is 56.5. The summed E-state index contributed by atoms with van der Waals surface area (Å²) in [5.41, 5.74) is 0. The van der Waals surface area contributed by atoms with Crippen molar-refractivity contribution in [3.63, 3.8) is 0 Å². The summed E-state index contributed by atoms with van der Waals surface area (Å²) in [7, 11) is 1.50. The summed E-state index contributed by atoms with van der Waals surface area (Å²) in [6.07, 6.45) is 68.6. The number of nitrogens with one attached hydrogen (secondary N) is 1. The molecule has 0 saturated carbocycles. The van der Waals surface area contributed by atoms with Gasteiger partial charge < -0.3 is 19.4 Å². The maximum atomic E-state index is 13.6. The van der Waals surface area contributed by atoms with Gasteiger partial charge in [0, 0.05) is 12.8 Å². The summed E-state index contributed by atoms with van der Waals surface area (Å²) in [5.74, 6) is -0.510. The van der Waals surface area contributed by atoms with Gasteiger partial charge in [0.15, 0.2) is 0 Å². The van der Waals surface area contributed by atoms with E-state index in [-0.39, 0.29) is 31.5 Å². The van der Waals surface area contributed by atoms with Crippen molar-refractivity contribution in [1.82, 2.24) is 5.32 Å². The number of hydrogen-bond donors (Lipinski definition) is 2. The van der Waals surface area contributed by atoms with Crippen molar-refractivity contribution in [3.05, 3.63) is 36.5 Å². The van der Waals surface area contributed by atoms with Crippen molar-refractivity contribution >= 4 is 19.7 Å². The van der Waals surface area contributed by atoms with Crippen molar-refractivity contribution in [3.8, 4) is 0 Å². The van der Waals surface area contributed by atoms with Gasteiger partial charge >= 0.3 is 13.8 Å². The summed E-state index contributed by atoms with van der Waals surface area (Å²) >= 11 is 0. The van der Waals surface area contributed by atoms with E-state index < -0.39 is 20.0 Å². The lowest BCUT2D eigenvalue weighted by atomic mass is 10.0. The molecule has 0 bridgehead atoms. The molecule has 76 heavy (non-hydrogen) atoms. The fourth-order valence-corrected chi connectivity index (χ4v) is 10.4. The van der Waals surface area contributed by atoms with E-state index in [1.807, 2.05) is 33.3 Å². The van der Waals surface area contributed by atoms with Crippen LogP contribution in [0.15, 0.2) is 36.5 Å². The van der Waals surface area contributed by atoms with Gasteiger partial charge in [-0.05, 0) is 83.1 Å². The van der Waals surface area contributed by atoms with Crippen LogP contribution in [0.25, 0.3) is 0 Å². The first kappa shape index (κ1) is 74.2. The minimum absolute atomic E-state index is 0.0401. The summed E-state index contributed by atoms with van der Waals surface area (Å²) < 4.78 is 30.7. The first-order valence-electron chi connectivity index (χ1n) is 32.8. The van der Waals surface area contributed by atoms with E-state index >= 15 is 0 Å². The highest BCUT2D eigenvalue weighted by Crippen LogP contribution is 2.43. The zero-order valence-electron chi connectivity index (χ0n) is 51.3. The molecular formula is C66H128N2O7P+. The van der Waals surface area contributed by atoms with Crippen LogP contribution in [-0.4, -0.2) is 74.3 Å². The van der Waals surface area contributed by atoms with E-state index in [0.717, 1.165) is 70.6 Å². The summed E-state index contributed by atoms with van der Waals surface area (Å²) in [5, 5.41) is 3.06. The molecular weight excluding hydrogens is 964 g/mol. The summed E-state index contributed by atoms with van der Waals surface area (Å²) in [6.45, 7) is 7.03. The van der Waals surface area contributed by atoms with Gasteiger partial charge in [-0.25, -0.2) is 4.57 Å². The number of amides is 1. The maximum Gasteiger partial charge on any atom is 0.472 e. The molecule has 0 aliphatic heterocycles. The van der Waals surface area contributed by atoms with Gasteiger partial charge in [-0.3, -0.25) is 18.6 Å². The molecule has 0 aromatic carbocycles. The predicted molar refractivity (Wildman–Crippen MR) is 328 cm³/mol. The van der Waals surface area contributed by atoms with Crippen molar-refractivity contribution in [2.75, 3.05) is 40.9 Å². The predicted octanol–water partition coefficient (Wildman–Crippen LogP) is 20.3. The van der Waals surface area contributed by atoms with Crippen LogP contribution in [0.5, 0.6) is 0 Å². The highest BCUT2D eigenvalue weighted by atomic mass is 31.2. The molecule has 9 nitrogen and oxygen atoms in total. The van der Waals surface area contributed by atoms with Gasteiger partial charge in [-0.2, -0.15) is 0 Å². The highest BCUT2D eigenvalue weighted by Gasteiger charge is 2.30. The Bertz CT molecular complexity index is 1400. The third-order valence-corrected chi connectivity index (χ3v) is 15.8. The molecule has 10 heteroatoms. The number of phosphoric ester groups is 1. The SMILES string of the molecule is CCCCCCCC/C=C/CCCCCCCCCCCCCCCC(=O)NC(COP(=O)(O)OCC[N+](C)(C)C)C(/C=C\CCCCCCCCCCCCC)OC(=O)CCCCC/C=C\CCCCCCCCC. The van der Waals surface area contributed by atoms with Gasteiger partial charge in [-0.15, -0.1) is 0 Å². The lowest BCUT2D eigenvalue weighted by Crippen LogP contribution is -2.47. The smallest absolute Gasteiger partial charge is 0.456 e. The number of phosphoric acid groups is 1. The highest BCUT2D eigenvalue weighted by molar-refractivity contribution is 7.47. The molecule has 0 rings (SSSR count). The maximum absolute atomic E-state index is 13.6. The van der Waals surface area contributed by atoms with E-state index in [0.29, 0.717) is 17.4 Å². The molecule has 0 saturated heterocycles. The average molecular weight is 1090 g/mol. The lowest BCUT2D eigenvalue weighted by Gasteiger charge is -2.27. The Morgan fingerprint density at radius 1 is 0.447 bits per heavy atom. The minimum Gasteiger partial charge on any atom is -0.456 e. The van der Waals surface area contributed by atoms with Crippen LogP contribution in [0.4, 0.5) is 0 Å². The quantitative estimate of drug-likeness (QED) is 0.0205. The molecule has 2 N–H and O–H groups in total. The first-order valence-corrected chi connectivity index (χ1v) is 34.3. The van der Waals surface area contributed by atoms with Crippen LogP contribution in [0.3, 0.4) is 0 Å². The third-order valence-electron chi connectivity index (χ3n) is 14.8. The van der Waals surface area contributed by atoms with Gasteiger partial charge in [0.05, 0.1) is 33.8 Å². The van der Waals surface area contributed by atoms with E-state index in [9.17, 15) is 19.0 Å². The largest absolute Gasteiger partial charge is 0.472 e. The number of esters is 1. The fourth-order valence-electron chi connectivity index (χ4n) is 9.70. The molecule has 0 spiro atoms. The molecule has 0 fully saturated rings. The Labute approximate surface area is 472 Å². The number of unbranched alkanes of at least 4 members (excludes halogenated alkanes) is 40. The van der Waals surface area contributed by atoms with Gasteiger partial charge in [0.2, 0.25) is 5.91 Å². The Morgan fingerprint density at radius 3 is 1.13 bits per heavy atom. The minimum atomic E-state index is -4.45. The zero-order valence-corrected chi connectivity index (χ0v) is 52.2. The standard InChI is InChI=1S/C66H127N2O7P/c1-7-10-13-16-19-22-25-28-30-31-32-33-34-35-36-37-38-40-43-46-49-52-55-58-65(69)67-63(62-74-76(71,72)73-61-60-68(4,5)6)64(57-54-51-48-45-42-39-27-24-21-18-15-12-9-3)75-66(70)59-56-53-50-47-44-41-29-26-23-20-17-14-11-8-2/h28,30,41,44,54,57,63-64H,7-27,29,31-40,42-43,45-53,55-56,58-62H2,1-6H3,(H-,67,69,71,72)/p+1/b30-28+,44-41-,57-54-. The monoisotopic (exact) mass is 1090 g/mol. The third kappa shape index (κ3) is 56.9. The Balaban J connectivity index is 5.15. The lowest BCUT2D eigenvalue weighted by molar-refractivity contribution is -0.870. The second-order valence-corrected chi connectivity index (χ2v) is 25.1. The molecule has 3 unspecified atom stereocenters. The van der Waals surface area contributed by atoms with Crippen LogP contribution in [-0.2, 0) is 27.9 Å². The number of carbonyl (C=O) groups is 2. The Kier molecular flexibility index (Phi) is 55.2. The molecule has 0 aromatic heterocycles. The Hall–Kier alpha value is -1.77. The van der Waals surface area contributed by atoms with Gasteiger partial charge in [-0.1, -0.05) is 263 Å². The molecule has 3 atom stereocenters. The summed E-state index contributed by atoms with van der Waals surface area (Å²) in [6, 6.07) is -0.851. The van der Waals surface area contributed by atoms with E-state index in [2.05, 4.69) is 50.4 Å².